The van der Waals surface area contributed by atoms with Crippen LogP contribution in [0, 0.1) is 5.92 Å². The van der Waals surface area contributed by atoms with Gasteiger partial charge in [0.15, 0.2) is 0 Å². The summed E-state index contributed by atoms with van der Waals surface area (Å²) in [5.41, 5.74) is 9.27. The third-order valence-corrected chi connectivity index (χ3v) is 9.91. The smallest absolute Gasteiger partial charge is 0.217 e. The Balaban J connectivity index is 1.35. The van der Waals surface area contributed by atoms with Gasteiger partial charge >= 0.3 is 0 Å². The molecule has 192 valence electrons. The predicted molar refractivity (Wildman–Crippen MR) is 126 cm³/mol. The van der Waals surface area contributed by atoms with Crippen LogP contribution < -0.4 is 26.5 Å². The van der Waals surface area contributed by atoms with Crippen molar-refractivity contribution in [2.75, 3.05) is 53.4 Å². The molecule has 0 spiro atoms. The second-order valence-corrected chi connectivity index (χ2v) is 12.1. The Morgan fingerprint density at radius 3 is 2.79 bits per heavy atom. The number of nitrogens with two attached hydrogens (primary N) is 1. The van der Waals surface area contributed by atoms with Crippen LogP contribution in [0.2, 0.25) is 0 Å². The number of likely N-dealkylation sites (tertiary alicyclic amines) is 1. The summed E-state index contributed by atoms with van der Waals surface area (Å²) in [4.78, 5) is 2.23. The van der Waals surface area contributed by atoms with E-state index in [0.717, 1.165) is 45.3 Å². The van der Waals surface area contributed by atoms with Crippen LogP contribution in [0.1, 0.15) is 32.1 Å². The van der Waals surface area contributed by atoms with E-state index >= 15 is 0 Å². The van der Waals surface area contributed by atoms with Crippen molar-refractivity contribution in [2.24, 2.45) is 11.7 Å². The molecule has 4 fully saturated rings. The maximum atomic E-state index is 13.6. The summed E-state index contributed by atoms with van der Waals surface area (Å²) in [5.74, 6) is 0.390. The van der Waals surface area contributed by atoms with Crippen molar-refractivity contribution in [3.8, 4) is 0 Å². The van der Waals surface area contributed by atoms with E-state index < -0.39 is 21.4 Å². The first-order valence-electron chi connectivity index (χ1n) is 12.4. The fraction of sp³-hybridized carbons (Fsp3) is 1.00. The fourth-order valence-corrected chi connectivity index (χ4v) is 7.57. The molecule has 0 aromatic heterocycles. The number of methoxy groups -OCH3 is 1. The Hall–Kier alpha value is -0.440. The highest BCUT2D eigenvalue weighted by Gasteiger charge is 2.47. The van der Waals surface area contributed by atoms with Gasteiger partial charge in [0.05, 0.1) is 18.3 Å². The van der Waals surface area contributed by atoms with E-state index in [4.69, 9.17) is 10.5 Å². The third-order valence-electron chi connectivity index (χ3n) is 8.07. The van der Waals surface area contributed by atoms with Gasteiger partial charge in [-0.1, -0.05) is 0 Å². The van der Waals surface area contributed by atoms with E-state index in [0.29, 0.717) is 24.9 Å². The summed E-state index contributed by atoms with van der Waals surface area (Å²) in [5, 5.41) is 8.07. The second-order valence-electron chi connectivity index (χ2n) is 10.1. The van der Waals surface area contributed by atoms with Crippen molar-refractivity contribution in [1.29, 1.82) is 0 Å². The van der Waals surface area contributed by atoms with Crippen LogP contribution >= 0.6 is 0 Å². The molecule has 33 heavy (non-hydrogen) atoms. The quantitative estimate of drug-likeness (QED) is 0.264. The van der Waals surface area contributed by atoms with Crippen LogP contribution in [-0.4, -0.2) is 114 Å². The number of piperidine rings is 1. The van der Waals surface area contributed by atoms with Gasteiger partial charge in [0.2, 0.25) is 10.0 Å². The number of hydrogen-bond acceptors (Lipinski definition) is 9. The molecule has 7 unspecified atom stereocenters. The lowest BCUT2D eigenvalue weighted by Gasteiger charge is -2.41. The number of nitrogens with zero attached hydrogens (tertiary/aromatic N) is 2. The minimum absolute atomic E-state index is 0.0115. The van der Waals surface area contributed by atoms with Crippen molar-refractivity contribution in [1.82, 2.24) is 30.7 Å². The summed E-state index contributed by atoms with van der Waals surface area (Å²) < 4.78 is 49.0. The third kappa shape index (κ3) is 5.87. The number of hydrazine groups is 1. The van der Waals surface area contributed by atoms with Crippen LogP contribution in [-0.2, 0) is 14.8 Å². The molecule has 0 aromatic rings. The van der Waals surface area contributed by atoms with E-state index in [1.807, 2.05) is 12.1 Å². The summed E-state index contributed by atoms with van der Waals surface area (Å²) in [7, 11) is -0.0671. The number of sulfonamides is 1. The molecule has 3 saturated heterocycles. The number of halogens is 1. The van der Waals surface area contributed by atoms with Gasteiger partial charge in [-0.25, -0.2) is 22.5 Å². The molecule has 1 saturated carbocycles. The maximum absolute atomic E-state index is 13.6. The second kappa shape index (κ2) is 11.1. The first-order chi connectivity index (χ1) is 15.8. The zero-order valence-corrected chi connectivity index (χ0v) is 20.7. The molecule has 4 aliphatic rings. The summed E-state index contributed by atoms with van der Waals surface area (Å²) >= 11 is 0. The van der Waals surface area contributed by atoms with Gasteiger partial charge in [-0.05, 0) is 44.6 Å². The molecule has 3 aliphatic heterocycles. The van der Waals surface area contributed by atoms with Crippen LogP contribution in [0.3, 0.4) is 0 Å². The Labute approximate surface area is 197 Å². The predicted octanol–water partition coefficient (Wildman–Crippen LogP) is -1.44. The highest BCUT2D eigenvalue weighted by molar-refractivity contribution is 7.90. The molecule has 12 heteroatoms. The van der Waals surface area contributed by atoms with Gasteiger partial charge in [-0.3, -0.25) is 10.3 Å². The molecule has 3 heterocycles. The molecule has 6 N–H and O–H groups in total. The minimum Gasteiger partial charge on any atom is -0.380 e. The largest absolute Gasteiger partial charge is 0.380 e. The monoisotopic (exact) mass is 491 g/mol. The molecular formula is C21H42FN7O3S. The molecule has 4 rings (SSSR count). The van der Waals surface area contributed by atoms with Crippen LogP contribution in [0.15, 0.2) is 0 Å². The average Bonchev–Trinajstić information content (AvgIpc) is 3.40. The van der Waals surface area contributed by atoms with Crippen molar-refractivity contribution in [2.45, 2.75) is 73.9 Å². The standard InChI is InChI=1S/C21H42FN7O3S/c1-28-21-14(11-26-28)3-4-18(32-2)20(21)27-33(30,31)17(10-23)12-25-19-9-16(5-7-24-19)29-8-6-15(22)13-29/h14-21,24-27H,3-13,23H2,1-2H3/t14?,15-,16?,17?,18?,19?,20?,21?/m0/s1. The normalized spacial score (nSPS) is 39.6. The van der Waals surface area contributed by atoms with E-state index in [1.54, 1.807) is 7.11 Å². The summed E-state index contributed by atoms with van der Waals surface area (Å²) in [6.07, 6.45) is 3.34. The number of alkyl halides is 1. The van der Waals surface area contributed by atoms with E-state index in [2.05, 4.69) is 25.7 Å². The van der Waals surface area contributed by atoms with Gasteiger partial charge in [0.25, 0.3) is 0 Å². The molecule has 0 bridgehead atoms. The molecule has 0 amide bonds. The number of ether oxygens (including phenoxy) is 1. The number of rotatable bonds is 9. The first-order valence-corrected chi connectivity index (χ1v) is 13.9. The number of fused-ring (bicyclic) bond motifs is 1. The van der Waals surface area contributed by atoms with Crippen molar-refractivity contribution < 1.29 is 17.5 Å². The van der Waals surface area contributed by atoms with Crippen molar-refractivity contribution in [3.63, 3.8) is 0 Å². The average molecular weight is 492 g/mol. The maximum Gasteiger partial charge on any atom is 0.217 e. The first kappa shape index (κ1) is 25.6. The topological polar surface area (TPSA) is 124 Å². The van der Waals surface area contributed by atoms with Gasteiger partial charge in [0, 0.05) is 59.0 Å². The molecule has 0 radical (unpaired) electrons. The lowest BCUT2D eigenvalue weighted by atomic mass is 9.80. The zero-order valence-electron chi connectivity index (χ0n) is 19.9. The van der Waals surface area contributed by atoms with Crippen LogP contribution in [0.4, 0.5) is 4.39 Å². The summed E-state index contributed by atoms with van der Waals surface area (Å²) in [6.45, 7) is 3.28. The Bertz CT molecular complexity index is 747. The van der Waals surface area contributed by atoms with E-state index in [-0.39, 0.29) is 37.4 Å². The van der Waals surface area contributed by atoms with Crippen molar-refractivity contribution in [3.05, 3.63) is 0 Å². The molecule has 10 nitrogen and oxygen atoms in total. The minimum atomic E-state index is -3.67. The fourth-order valence-electron chi connectivity index (χ4n) is 6.14. The van der Waals surface area contributed by atoms with Crippen LogP contribution in [0.25, 0.3) is 0 Å². The zero-order chi connectivity index (χ0) is 23.6. The number of nitrogens with one attached hydrogen (secondary N) is 4. The highest BCUT2D eigenvalue weighted by Crippen LogP contribution is 2.33. The number of likely N-dealkylation sites (N-methyl/N-ethyl adjacent to an activating group) is 1. The van der Waals surface area contributed by atoms with Crippen LogP contribution in [0.5, 0.6) is 0 Å². The molecular weight excluding hydrogens is 449 g/mol. The SMILES string of the molecule is COC1CCC2CNN(C)C2C1NS(=O)(=O)C(CN)CNC1CC(N2CC[C@H](F)C2)CCN1. The molecule has 8 atom stereocenters. The Morgan fingerprint density at radius 1 is 1.27 bits per heavy atom. The highest BCUT2D eigenvalue weighted by atomic mass is 32.2. The lowest BCUT2D eigenvalue weighted by Crippen LogP contribution is -2.62. The molecule has 0 aromatic carbocycles. The van der Waals surface area contributed by atoms with Crippen molar-refractivity contribution >= 4 is 10.0 Å². The summed E-state index contributed by atoms with van der Waals surface area (Å²) in [6, 6.07) is 0.0433. The Morgan fingerprint density at radius 2 is 2.09 bits per heavy atom. The van der Waals surface area contributed by atoms with Gasteiger partial charge in [0.1, 0.15) is 11.4 Å². The van der Waals surface area contributed by atoms with Gasteiger partial charge in [-0.2, -0.15) is 0 Å². The number of hydrogen-bond donors (Lipinski definition) is 5. The van der Waals surface area contributed by atoms with E-state index in [9.17, 15) is 12.8 Å². The van der Waals surface area contributed by atoms with Gasteiger partial charge in [-0.15, -0.1) is 0 Å². The van der Waals surface area contributed by atoms with Gasteiger partial charge < -0.3 is 21.1 Å². The lowest BCUT2D eigenvalue weighted by molar-refractivity contribution is 0.00328. The van der Waals surface area contributed by atoms with E-state index in [1.165, 1.54) is 0 Å². The molecule has 1 aliphatic carbocycles. The Kier molecular flexibility index (Phi) is 8.62.